The van der Waals surface area contributed by atoms with Crippen molar-refractivity contribution in [1.29, 1.82) is 0 Å². The second-order valence-electron chi connectivity index (χ2n) is 7.45. The van der Waals surface area contributed by atoms with Crippen molar-refractivity contribution in [2.24, 2.45) is 5.92 Å². The van der Waals surface area contributed by atoms with Crippen LogP contribution in [0.1, 0.15) is 30.0 Å². The minimum Gasteiger partial charge on any atom is -0.459 e. The van der Waals surface area contributed by atoms with E-state index in [-0.39, 0.29) is 35.8 Å². The van der Waals surface area contributed by atoms with E-state index in [1.165, 1.54) is 6.26 Å². The molecule has 0 spiro atoms. The van der Waals surface area contributed by atoms with Crippen molar-refractivity contribution >= 4 is 29.1 Å². The molecule has 7 nitrogen and oxygen atoms in total. The van der Waals surface area contributed by atoms with Gasteiger partial charge in [0, 0.05) is 11.4 Å². The molecule has 0 saturated carbocycles. The summed E-state index contributed by atoms with van der Waals surface area (Å²) in [7, 11) is 0. The zero-order valence-electron chi connectivity index (χ0n) is 17.4. The normalized spacial score (nSPS) is 11.6. The summed E-state index contributed by atoms with van der Waals surface area (Å²) in [5.74, 6) is -0.752. The Balaban J connectivity index is 1.57. The van der Waals surface area contributed by atoms with E-state index < -0.39 is 6.04 Å². The number of carbonyl (C=O) groups excluding carboxylic acids is 3. The molecule has 1 aromatic heterocycles. The van der Waals surface area contributed by atoms with Gasteiger partial charge in [-0.2, -0.15) is 0 Å². The molecule has 160 valence electrons. The van der Waals surface area contributed by atoms with Gasteiger partial charge in [0.05, 0.1) is 12.7 Å². The lowest BCUT2D eigenvalue weighted by atomic mass is 10.0. The number of furan rings is 1. The van der Waals surface area contributed by atoms with Crippen LogP contribution in [0, 0.1) is 5.92 Å². The largest absolute Gasteiger partial charge is 0.459 e. The zero-order valence-corrected chi connectivity index (χ0v) is 17.4. The summed E-state index contributed by atoms with van der Waals surface area (Å²) in [6.45, 7) is 3.75. The molecular formula is C24H25N3O4. The van der Waals surface area contributed by atoms with Gasteiger partial charge in [0.25, 0.3) is 5.91 Å². The quantitative estimate of drug-likeness (QED) is 0.516. The number of rotatable bonds is 8. The number of nitrogens with one attached hydrogen (secondary N) is 3. The highest BCUT2D eigenvalue weighted by Crippen LogP contribution is 2.16. The first-order valence-corrected chi connectivity index (χ1v) is 10.0. The molecule has 0 aliphatic carbocycles. The Morgan fingerprint density at radius 3 is 2.06 bits per heavy atom. The first kappa shape index (κ1) is 21.8. The molecule has 7 heteroatoms. The Kier molecular flexibility index (Phi) is 7.22. The zero-order chi connectivity index (χ0) is 22.2. The summed E-state index contributed by atoms with van der Waals surface area (Å²) < 4.78 is 5.06. The van der Waals surface area contributed by atoms with E-state index in [1.807, 2.05) is 44.2 Å². The molecule has 1 atom stereocenters. The monoisotopic (exact) mass is 419 g/mol. The van der Waals surface area contributed by atoms with Gasteiger partial charge in [0.1, 0.15) is 6.04 Å². The number of amides is 3. The van der Waals surface area contributed by atoms with Crippen LogP contribution in [-0.4, -0.2) is 23.8 Å². The number of anilines is 2. The third kappa shape index (κ3) is 6.30. The van der Waals surface area contributed by atoms with Gasteiger partial charge in [-0.15, -0.1) is 0 Å². The van der Waals surface area contributed by atoms with Crippen LogP contribution in [0.5, 0.6) is 0 Å². The third-order valence-electron chi connectivity index (χ3n) is 4.63. The second kappa shape index (κ2) is 10.2. The van der Waals surface area contributed by atoms with Crippen molar-refractivity contribution in [2.45, 2.75) is 26.3 Å². The van der Waals surface area contributed by atoms with Crippen LogP contribution in [0.25, 0.3) is 0 Å². The molecule has 3 amide bonds. The van der Waals surface area contributed by atoms with E-state index in [4.69, 9.17) is 4.42 Å². The molecule has 0 saturated heterocycles. The van der Waals surface area contributed by atoms with Crippen LogP contribution >= 0.6 is 0 Å². The lowest BCUT2D eigenvalue weighted by Crippen LogP contribution is -2.47. The van der Waals surface area contributed by atoms with Gasteiger partial charge in [-0.05, 0) is 47.9 Å². The molecule has 2 aromatic carbocycles. The number of benzene rings is 2. The van der Waals surface area contributed by atoms with Crippen molar-refractivity contribution in [1.82, 2.24) is 5.32 Å². The summed E-state index contributed by atoms with van der Waals surface area (Å²) in [5.41, 5.74) is 2.01. The van der Waals surface area contributed by atoms with Gasteiger partial charge in [-0.25, -0.2) is 0 Å². The van der Waals surface area contributed by atoms with E-state index in [9.17, 15) is 14.4 Å². The van der Waals surface area contributed by atoms with Crippen LogP contribution in [0.2, 0.25) is 0 Å². The topological polar surface area (TPSA) is 100 Å². The van der Waals surface area contributed by atoms with Crippen molar-refractivity contribution < 1.29 is 18.8 Å². The summed E-state index contributed by atoms with van der Waals surface area (Å²) in [4.78, 5) is 37.2. The highest BCUT2D eigenvalue weighted by molar-refractivity contribution is 6.02. The van der Waals surface area contributed by atoms with Crippen LogP contribution < -0.4 is 16.0 Å². The van der Waals surface area contributed by atoms with E-state index in [1.54, 1.807) is 36.4 Å². The van der Waals surface area contributed by atoms with E-state index in [2.05, 4.69) is 16.0 Å². The Labute approximate surface area is 180 Å². The highest BCUT2D eigenvalue weighted by atomic mass is 16.3. The van der Waals surface area contributed by atoms with Crippen LogP contribution in [0.4, 0.5) is 11.4 Å². The fourth-order valence-corrected chi connectivity index (χ4v) is 3.00. The highest BCUT2D eigenvalue weighted by Gasteiger charge is 2.24. The Morgan fingerprint density at radius 1 is 0.839 bits per heavy atom. The van der Waals surface area contributed by atoms with Crippen molar-refractivity contribution in [3.8, 4) is 0 Å². The lowest BCUT2D eigenvalue weighted by molar-refractivity contribution is -0.127. The fraction of sp³-hybridized carbons (Fsp3) is 0.208. The van der Waals surface area contributed by atoms with Gasteiger partial charge in [-0.1, -0.05) is 44.2 Å². The molecule has 3 aromatic rings. The molecule has 0 radical (unpaired) electrons. The first-order valence-electron chi connectivity index (χ1n) is 10.0. The predicted molar refractivity (Wildman–Crippen MR) is 119 cm³/mol. The van der Waals surface area contributed by atoms with E-state index in [0.717, 1.165) is 5.56 Å². The molecule has 1 heterocycles. The summed E-state index contributed by atoms with van der Waals surface area (Å²) in [5, 5.41) is 8.35. The molecule has 3 rings (SSSR count). The van der Waals surface area contributed by atoms with Crippen LogP contribution in [-0.2, 0) is 16.0 Å². The Morgan fingerprint density at radius 2 is 1.48 bits per heavy atom. The molecule has 1 unspecified atom stereocenters. The van der Waals surface area contributed by atoms with Gasteiger partial charge in [0.2, 0.25) is 11.8 Å². The van der Waals surface area contributed by atoms with E-state index in [0.29, 0.717) is 11.4 Å². The predicted octanol–water partition coefficient (Wildman–Crippen LogP) is 3.85. The molecular weight excluding hydrogens is 394 g/mol. The molecule has 0 fully saturated rings. The van der Waals surface area contributed by atoms with Gasteiger partial charge in [0.15, 0.2) is 5.76 Å². The van der Waals surface area contributed by atoms with Gasteiger partial charge >= 0.3 is 0 Å². The molecule has 0 aliphatic rings. The smallest absolute Gasteiger partial charge is 0.291 e. The van der Waals surface area contributed by atoms with Gasteiger partial charge < -0.3 is 20.4 Å². The SMILES string of the molecule is CC(C)C(NC(=O)Cc1ccccc1)C(=O)Nc1ccc(NC(=O)c2ccco2)cc1. The maximum atomic E-state index is 12.8. The average Bonchev–Trinajstić information content (AvgIpc) is 3.29. The minimum absolute atomic E-state index is 0.0911. The Bertz CT molecular complexity index is 1010. The number of hydrogen-bond donors (Lipinski definition) is 3. The minimum atomic E-state index is -0.672. The maximum absolute atomic E-state index is 12.8. The van der Waals surface area contributed by atoms with Crippen LogP contribution in [0.3, 0.4) is 0 Å². The summed E-state index contributed by atoms with van der Waals surface area (Å²) >= 11 is 0. The maximum Gasteiger partial charge on any atom is 0.291 e. The van der Waals surface area contributed by atoms with Gasteiger partial charge in [-0.3, -0.25) is 14.4 Å². The average molecular weight is 419 g/mol. The summed E-state index contributed by atoms with van der Waals surface area (Å²) in [6.07, 6.45) is 1.64. The van der Waals surface area contributed by atoms with E-state index >= 15 is 0 Å². The van der Waals surface area contributed by atoms with Crippen molar-refractivity contribution in [2.75, 3.05) is 10.6 Å². The molecule has 31 heavy (non-hydrogen) atoms. The lowest BCUT2D eigenvalue weighted by Gasteiger charge is -2.22. The fourth-order valence-electron chi connectivity index (χ4n) is 3.00. The molecule has 0 aliphatic heterocycles. The summed E-state index contributed by atoms with van der Waals surface area (Å²) in [6, 6.07) is 18.6. The van der Waals surface area contributed by atoms with Crippen molar-refractivity contribution in [3.05, 3.63) is 84.3 Å². The standard InChI is InChI=1S/C24H25N3O4/c1-16(2)22(27-21(28)15-17-7-4-3-5-8-17)24(30)26-19-12-10-18(11-13-19)25-23(29)20-9-6-14-31-20/h3-14,16,22H,15H2,1-2H3,(H,25,29)(H,26,30)(H,27,28). The number of hydrogen-bond acceptors (Lipinski definition) is 4. The van der Waals surface area contributed by atoms with Crippen molar-refractivity contribution in [3.63, 3.8) is 0 Å². The third-order valence-corrected chi connectivity index (χ3v) is 4.63. The van der Waals surface area contributed by atoms with Crippen LogP contribution in [0.15, 0.2) is 77.4 Å². The first-order chi connectivity index (χ1) is 14.9. The molecule has 0 bridgehead atoms. The number of carbonyl (C=O) groups is 3. The molecule has 3 N–H and O–H groups in total. The Hall–Kier alpha value is -3.87. The second-order valence-corrected chi connectivity index (χ2v) is 7.45.